The van der Waals surface area contributed by atoms with Crippen LogP contribution < -0.4 is 5.32 Å². The second kappa shape index (κ2) is 7.48. The molecule has 0 unspecified atom stereocenters. The fourth-order valence-corrected chi connectivity index (χ4v) is 2.81. The summed E-state index contributed by atoms with van der Waals surface area (Å²) >= 11 is 0. The fraction of sp³-hybridized carbons (Fsp3) is 0.0952. The van der Waals surface area contributed by atoms with Crippen LogP contribution in [0.1, 0.15) is 5.56 Å². The SMILES string of the molecule is Cc1ccc(-c2noc(-c3cccn3CC(=O)Nc3cccc(F)c3)n2)cc1. The van der Waals surface area contributed by atoms with Crippen molar-refractivity contribution < 1.29 is 13.7 Å². The number of nitrogens with one attached hydrogen (secondary N) is 1. The van der Waals surface area contributed by atoms with Gasteiger partial charge in [-0.1, -0.05) is 41.1 Å². The predicted octanol–water partition coefficient (Wildman–Crippen LogP) is 4.29. The molecule has 6 nitrogen and oxygen atoms in total. The summed E-state index contributed by atoms with van der Waals surface area (Å²) in [5.41, 5.74) is 3.02. The van der Waals surface area contributed by atoms with E-state index < -0.39 is 5.82 Å². The Morgan fingerprint density at radius 1 is 1.14 bits per heavy atom. The molecule has 140 valence electrons. The number of carbonyl (C=O) groups excluding carboxylic acids is 1. The monoisotopic (exact) mass is 376 g/mol. The van der Waals surface area contributed by atoms with Crippen LogP contribution in [-0.4, -0.2) is 20.6 Å². The molecule has 1 N–H and O–H groups in total. The van der Waals surface area contributed by atoms with Crippen molar-refractivity contribution in [3.63, 3.8) is 0 Å². The number of aryl methyl sites for hydroxylation is 1. The molecule has 2 heterocycles. The third-order valence-corrected chi connectivity index (χ3v) is 4.21. The van der Waals surface area contributed by atoms with Crippen molar-refractivity contribution in [3.05, 3.63) is 78.2 Å². The molecule has 0 fully saturated rings. The van der Waals surface area contributed by atoms with Crippen LogP contribution in [0.2, 0.25) is 0 Å². The fourth-order valence-electron chi connectivity index (χ4n) is 2.81. The standard InChI is InChI=1S/C21H17FN4O2/c1-14-7-9-15(10-8-14)20-24-21(28-25-20)18-6-3-11-26(18)13-19(27)23-17-5-2-4-16(22)12-17/h2-12H,13H2,1H3,(H,23,27). The third-order valence-electron chi connectivity index (χ3n) is 4.21. The molecule has 0 bridgehead atoms. The zero-order chi connectivity index (χ0) is 19.5. The first-order chi connectivity index (χ1) is 13.6. The van der Waals surface area contributed by atoms with E-state index in [1.165, 1.54) is 18.2 Å². The van der Waals surface area contributed by atoms with Gasteiger partial charge < -0.3 is 14.4 Å². The summed E-state index contributed by atoms with van der Waals surface area (Å²) in [5.74, 6) is 0.0985. The Hall–Kier alpha value is -3.74. The minimum absolute atomic E-state index is 0.0289. The molecule has 0 aliphatic heterocycles. The quantitative estimate of drug-likeness (QED) is 0.564. The van der Waals surface area contributed by atoms with Crippen molar-refractivity contribution in [1.29, 1.82) is 0 Å². The van der Waals surface area contributed by atoms with Gasteiger partial charge in [-0.3, -0.25) is 4.79 Å². The van der Waals surface area contributed by atoms with Gasteiger partial charge >= 0.3 is 0 Å². The molecule has 28 heavy (non-hydrogen) atoms. The number of rotatable bonds is 5. The van der Waals surface area contributed by atoms with Gasteiger partial charge in [0.25, 0.3) is 5.89 Å². The lowest BCUT2D eigenvalue weighted by Crippen LogP contribution is -2.18. The summed E-state index contributed by atoms with van der Waals surface area (Å²) in [5, 5.41) is 6.70. The second-order valence-electron chi connectivity index (χ2n) is 6.37. The average Bonchev–Trinajstić information content (AvgIpc) is 3.31. The van der Waals surface area contributed by atoms with E-state index in [1.54, 1.807) is 29.0 Å². The van der Waals surface area contributed by atoms with E-state index in [-0.39, 0.29) is 12.5 Å². The number of hydrogen-bond donors (Lipinski definition) is 1. The number of carbonyl (C=O) groups is 1. The third kappa shape index (κ3) is 3.83. The topological polar surface area (TPSA) is 73.0 Å². The van der Waals surface area contributed by atoms with Crippen molar-refractivity contribution in [1.82, 2.24) is 14.7 Å². The molecule has 0 saturated heterocycles. The lowest BCUT2D eigenvalue weighted by atomic mass is 10.1. The van der Waals surface area contributed by atoms with Gasteiger partial charge in [0, 0.05) is 17.4 Å². The van der Waals surface area contributed by atoms with Crippen LogP contribution in [0.5, 0.6) is 0 Å². The van der Waals surface area contributed by atoms with Gasteiger partial charge in [-0.05, 0) is 37.3 Å². The second-order valence-corrected chi connectivity index (χ2v) is 6.37. The molecule has 0 aliphatic rings. The van der Waals surface area contributed by atoms with Crippen LogP contribution in [0.3, 0.4) is 0 Å². The van der Waals surface area contributed by atoms with Crippen LogP contribution in [0.25, 0.3) is 23.0 Å². The first kappa shape index (κ1) is 17.7. The molecule has 2 aromatic heterocycles. The maximum absolute atomic E-state index is 13.3. The summed E-state index contributed by atoms with van der Waals surface area (Å²) < 4.78 is 20.3. The molecule has 1 amide bonds. The average molecular weight is 376 g/mol. The smallest absolute Gasteiger partial charge is 0.274 e. The molecule has 7 heteroatoms. The first-order valence-electron chi connectivity index (χ1n) is 8.70. The number of anilines is 1. The van der Waals surface area contributed by atoms with Gasteiger partial charge in [0.05, 0.1) is 0 Å². The Bertz CT molecular complexity index is 1120. The van der Waals surface area contributed by atoms with Crippen LogP contribution in [0.4, 0.5) is 10.1 Å². The highest BCUT2D eigenvalue weighted by Crippen LogP contribution is 2.23. The zero-order valence-corrected chi connectivity index (χ0v) is 15.1. The van der Waals surface area contributed by atoms with Crippen molar-refractivity contribution in [2.45, 2.75) is 13.5 Å². The maximum Gasteiger partial charge on any atom is 0.274 e. The van der Waals surface area contributed by atoms with E-state index in [0.717, 1.165) is 11.1 Å². The largest absolute Gasteiger partial charge is 0.334 e. The van der Waals surface area contributed by atoms with Gasteiger partial charge in [-0.25, -0.2) is 4.39 Å². The maximum atomic E-state index is 13.3. The summed E-state index contributed by atoms with van der Waals surface area (Å²) in [6.45, 7) is 2.04. The highest BCUT2D eigenvalue weighted by atomic mass is 19.1. The lowest BCUT2D eigenvalue weighted by Gasteiger charge is -2.08. The number of aromatic nitrogens is 3. The van der Waals surface area contributed by atoms with Crippen LogP contribution in [-0.2, 0) is 11.3 Å². The Morgan fingerprint density at radius 2 is 1.96 bits per heavy atom. The first-order valence-corrected chi connectivity index (χ1v) is 8.70. The predicted molar refractivity (Wildman–Crippen MR) is 103 cm³/mol. The minimum atomic E-state index is -0.408. The van der Waals surface area contributed by atoms with Crippen molar-refractivity contribution >= 4 is 11.6 Å². The van der Waals surface area contributed by atoms with Gasteiger partial charge in [0.2, 0.25) is 11.7 Å². The molecule has 0 atom stereocenters. The Balaban J connectivity index is 1.51. The van der Waals surface area contributed by atoms with Crippen molar-refractivity contribution in [2.75, 3.05) is 5.32 Å². The van der Waals surface area contributed by atoms with E-state index in [4.69, 9.17) is 4.52 Å². The van der Waals surface area contributed by atoms with Crippen molar-refractivity contribution in [2.24, 2.45) is 0 Å². The molecule has 2 aromatic carbocycles. The van der Waals surface area contributed by atoms with Crippen LogP contribution in [0, 0.1) is 12.7 Å². The highest BCUT2D eigenvalue weighted by molar-refractivity contribution is 5.90. The highest BCUT2D eigenvalue weighted by Gasteiger charge is 2.15. The van der Waals surface area contributed by atoms with E-state index in [0.29, 0.717) is 23.1 Å². The van der Waals surface area contributed by atoms with Crippen LogP contribution >= 0.6 is 0 Å². The number of benzene rings is 2. The van der Waals surface area contributed by atoms with Gasteiger partial charge in [-0.2, -0.15) is 4.98 Å². The number of hydrogen-bond acceptors (Lipinski definition) is 4. The molecular formula is C21H17FN4O2. The number of halogens is 1. The number of amides is 1. The van der Waals surface area contributed by atoms with E-state index in [2.05, 4.69) is 15.5 Å². The summed E-state index contributed by atoms with van der Waals surface area (Å²) in [6, 6.07) is 17.1. The van der Waals surface area contributed by atoms with Gasteiger partial charge in [0.1, 0.15) is 18.1 Å². The Labute approximate surface area is 160 Å². The Morgan fingerprint density at radius 3 is 2.75 bits per heavy atom. The zero-order valence-electron chi connectivity index (χ0n) is 15.1. The molecule has 4 rings (SSSR count). The summed E-state index contributed by atoms with van der Waals surface area (Å²) in [7, 11) is 0. The normalized spacial score (nSPS) is 10.8. The summed E-state index contributed by atoms with van der Waals surface area (Å²) in [4.78, 5) is 16.7. The molecule has 0 radical (unpaired) electrons. The van der Waals surface area contributed by atoms with E-state index in [9.17, 15) is 9.18 Å². The molecule has 4 aromatic rings. The molecular weight excluding hydrogens is 359 g/mol. The molecule has 0 spiro atoms. The van der Waals surface area contributed by atoms with E-state index in [1.807, 2.05) is 31.2 Å². The Kier molecular flexibility index (Phi) is 4.72. The summed E-state index contributed by atoms with van der Waals surface area (Å²) in [6.07, 6.45) is 1.75. The van der Waals surface area contributed by atoms with Crippen molar-refractivity contribution in [3.8, 4) is 23.0 Å². The van der Waals surface area contributed by atoms with Gasteiger partial charge in [-0.15, -0.1) is 0 Å². The number of nitrogens with zero attached hydrogens (tertiary/aromatic N) is 3. The lowest BCUT2D eigenvalue weighted by molar-refractivity contribution is -0.116. The minimum Gasteiger partial charge on any atom is -0.334 e. The van der Waals surface area contributed by atoms with Crippen LogP contribution in [0.15, 0.2) is 71.4 Å². The molecule has 0 saturated carbocycles. The molecule has 0 aliphatic carbocycles. The van der Waals surface area contributed by atoms with E-state index >= 15 is 0 Å². The van der Waals surface area contributed by atoms with Gasteiger partial charge in [0.15, 0.2) is 0 Å².